The molecule has 2 N–H and O–H groups in total. The fourth-order valence-corrected chi connectivity index (χ4v) is 2.15. The highest BCUT2D eigenvalue weighted by Gasteiger charge is 2.15. The molecule has 0 aromatic carbocycles. The Hall–Kier alpha value is -0.910. The summed E-state index contributed by atoms with van der Waals surface area (Å²) in [7, 11) is 0. The molecule has 0 aromatic rings. The van der Waals surface area contributed by atoms with Gasteiger partial charge in [-0.2, -0.15) is 0 Å². The van der Waals surface area contributed by atoms with Crippen molar-refractivity contribution in [2.24, 2.45) is 4.99 Å². The Morgan fingerprint density at radius 1 is 1.39 bits per heavy atom. The third-order valence-electron chi connectivity index (χ3n) is 2.13. The molecule has 1 heterocycles. The maximum absolute atomic E-state index is 11.3. The van der Waals surface area contributed by atoms with Gasteiger partial charge in [0.25, 0.3) is 0 Å². The number of carbonyl (C=O) groups is 1. The second-order valence-corrected chi connectivity index (χ2v) is 6.18. The smallest absolute Gasteiger partial charge is 0.407 e. The second kappa shape index (κ2) is 7.51. The summed E-state index contributed by atoms with van der Waals surface area (Å²) < 4.78 is 5.14. The first kappa shape index (κ1) is 15.1. The molecule has 0 saturated carbocycles. The Bertz CT molecular complexity index is 300. The molecule has 1 rings (SSSR count). The van der Waals surface area contributed by atoms with Crippen LogP contribution in [0.15, 0.2) is 4.99 Å². The molecule has 0 aliphatic carbocycles. The van der Waals surface area contributed by atoms with E-state index in [2.05, 4.69) is 15.6 Å². The molecule has 0 aromatic heterocycles. The van der Waals surface area contributed by atoms with Crippen LogP contribution in [-0.4, -0.2) is 42.2 Å². The topological polar surface area (TPSA) is 62.7 Å². The summed E-state index contributed by atoms with van der Waals surface area (Å²) in [4.78, 5) is 15.6. The third-order valence-corrected chi connectivity index (χ3v) is 3.07. The summed E-state index contributed by atoms with van der Waals surface area (Å²) in [5.41, 5.74) is -0.427. The molecular formula is C12H23N3O2S. The Labute approximate surface area is 113 Å². The summed E-state index contributed by atoms with van der Waals surface area (Å²) in [6.07, 6.45) is 1.60. The number of ether oxygens (including phenoxy) is 1. The van der Waals surface area contributed by atoms with Gasteiger partial charge in [-0.05, 0) is 33.6 Å². The Morgan fingerprint density at radius 2 is 2.11 bits per heavy atom. The normalized spacial score (nSPS) is 15.2. The molecule has 1 aliphatic heterocycles. The van der Waals surface area contributed by atoms with Gasteiger partial charge in [0, 0.05) is 18.8 Å². The van der Waals surface area contributed by atoms with Crippen molar-refractivity contribution in [3.63, 3.8) is 0 Å². The monoisotopic (exact) mass is 273 g/mol. The highest BCUT2D eigenvalue weighted by molar-refractivity contribution is 8.14. The van der Waals surface area contributed by atoms with Crippen LogP contribution in [0, 0.1) is 0 Å². The van der Waals surface area contributed by atoms with Gasteiger partial charge in [-0.1, -0.05) is 11.8 Å². The first-order valence-electron chi connectivity index (χ1n) is 6.35. The first-order valence-corrected chi connectivity index (χ1v) is 7.34. The van der Waals surface area contributed by atoms with Gasteiger partial charge >= 0.3 is 6.09 Å². The summed E-state index contributed by atoms with van der Waals surface area (Å²) in [6.45, 7) is 8.05. The lowest BCUT2D eigenvalue weighted by Crippen LogP contribution is -2.33. The quantitative estimate of drug-likeness (QED) is 0.752. The molecule has 1 amide bonds. The fraction of sp³-hybridized carbons (Fsp3) is 0.833. The van der Waals surface area contributed by atoms with Gasteiger partial charge in [0.1, 0.15) is 5.60 Å². The maximum atomic E-state index is 11.3. The van der Waals surface area contributed by atoms with Crippen LogP contribution in [0.5, 0.6) is 0 Å². The van der Waals surface area contributed by atoms with E-state index in [4.69, 9.17) is 4.74 Å². The molecule has 0 unspecified atom stereocenters. The molecule has 104 valence electrons. The first-order chi connectivity index (χ1) is 8.47. The number of rotatable bonds is 5. The van der Waals surface area contributed by atoms with Crippen molar-refractivity contribution < 1.29 is 9.53 Å². The van der Waals surface area contributed by atoms with Crippen LogP contribution in [0.4, 0.5) is 4.79 Å². The number of alkyl carbamates (subject to hydrolysis) is 1. The molecule has 1 aliphatic rings. The van der Waals surface area contributed by atoms with Gasteiger partial charge in [-0.15, -0.1) is 0 Å². The summed E-state index contributed by atoms with van der Waals surface area (Å²) in [5.74, 6) is 1.09. The van der Waals surface area contributed by atoms with Gasteiger partial charge in [-0.3, -0.25) is 4.99 Å². The van der Waals surface area contributed by atoms with Gasteiger partial charge < -0.3 is 15.4 Å². The number of hydrogen-bond acceptors (Lipinski definition) is 5. The van der Waals surface area contributed by atoms with Crippen molar-refractivity contribution in [2.45, 2.75) is 39.2 Å². The van der Waals surface area contributed by atoms with Crippen LogP contribution in [0.2, 0.25) is 0 Å². The van der Waals surface area contributed by atoms with E-state index in [1.807, 2.05) is 20.8 Å². The number of carbonyl (C=O) groups excluding carboxylic acids is 1. The van der Waals surface area contributed by atoms with Gasteiger partial charge in [-0.25, -0.2) is 4.79 Å². The number of aliphatic imine (C=N–C) groups is 1. The zero-order chi connectivity index (χ0) is 13.4. The number of thioether (sulfide) groups is 1. The van der Waals surface area contributed by atoms with Crippen LogP contribution >= 0.6 is 11.8 Å². The van der Waals surface area contributed by atoms with E-state index >= 15 is 0 Å². The number of hydrogen-bond donors (Lipinski definition) is 2. The van der Waals surface area contributed by atoms with Crippen molar-refractivity contribution in [2.75, 3.05) is 25.4 Å². The van der Waals surface area contributed by atoms with E-state index in [1.165, 1.54) is 0 Å². The number of nitrogens with zero attached hydrogens (tertiary/aromatic N) is 1. The Kier molecular flexibility index (Phi) is 6.32. The lowest BCUT2D eigenvalue weighted by molar-refractivity contribution is 0.0527. The number of unbranched alkanes of at least 4 members (excludes halogenated alkanes) is 1. The van der Waals surface area contributed by atoms with E-state index in [1.54, 1.807) is 11.8 Å². The predicted molar refractivity (Wildman–Crippen MR) is 76.2 cm³/mol. The highest BCUT2D eigenvalue weighted by atomic mass is 32.2. The van der Waals surface area contributed by atoms with E-state index in [-0.39, 0.29) is 6.09 Å². The van der Waals surface area contributed by atoms with Crippen molar-refractivity contribution in [3.8, 4) is 0 Å². The van der Waals surface area contributed by atoms with E-state index in [9.17, 15) is 4.79 Å². The van der Waals surface area contributed by atoms with Gasteiger partial charge in [0.15, 0.2) is 5.17 Å². The van der Waals surface area contributed by atoms with Gasteiger partial charge in [0.05, 0.1) is 6.54 Å². The molecule has 0 radical (unpaired) electrons. The van der Waals surface area contributed by atoms with Gasteiger partial charge in [0.2, 0.25) is 0 Å². The summed E-state index contributed by atoms with van der Waals surface area (Å²) >= 11 is 1.77. The van der Waals surface area contributed by atoms with Crippen molar-refractivity contribution >= 4 is 23.0 Å². The van der Waals surface area contributed by atoms with E-state index in [0.29, 0.717) is 6.54 Å². The number of nitrogens with one attached hydrogen (secondary N) is 2. The summed E-state index contributed by atoms with van der Waals surface area (Å²) in [5, 5.41) is 7.07. The molecule has 6 heteroatoms. The van der Waals surface area contributed by atoms with Crippen molar-refractivity contribution in [1.82, 2.24) is 10.6 Å². The Morgan fingerprint density at radius 3 is 2.72 bits per heavy atom. The van der Waals surface area contributed by atoms with Crippen LogP contribution in [-0.2, 0) is 4.74 Å². The van der Waals surface area contributed by atoms with Crippen molar-refractivity contribution in [1.29, 1.82) is 0 Å². The van der Waals surface area contributed by atoms with Crippen LogP contribution in [0.1, 0.15) is 33.6 Å². The molecule has 5 nitrogen and oxygen atoms in total. The molecular weight excluding hydrogens is 250 g/mol. The Balaban J connectivity index is 1.93. The average molecular weight is 273 g/mol. The standard InChI is InChI=1S/C12H23N3O2S/c1-12(2,3)17-11(16)15-7-5-4-6-13-10-14-8-9-18-10/h4-9H2,1-3H3,(H,13,14)(H,15,16). The second-order valence-electron chi connectivity index (χ2n) is 5.10. The minimum atomic E-state index is -0.427. The molecule has 0 bridgehead atoms. The minimum absolute atomic E-state index is 0.341. The zero-order valence-electron chi connectivity index (χ0n) is 11.4. The zero-order valence-corrected chi connectivity index (χ0v) is 12.2. The summed E-state index contributed by atoms with van der Waals surface area (Å²) in [6, 6.07) is 0. The molecule has 0 saturated heterocycles. The predicted octanol–water partition coefficient (Wildman–Crippen LogP) is 1.98. The lowest BCUT2D eigenvalue weighted by atomic mass is 10.2. The lowest BCUT2D eigenvalue weighted by Gasteiger charge is -2.19. The molecule has 0 fully saturated rings. The SMILES string of the molecule is CC(C)(C)OC(=O)NCCCCNC1=NCCS1. The average Bonchev–Trinajstić information content (AvgIpc) is 2.73. The molecule has 0 atom stereocenters. The van der Waals surface area contributed by atoms with Crippen LogP contribution in [0.25, 0.3) is 0 Å². The van der Waals surface area contributed by atoms with E-state index < -0.39 is 5.60 Å². The fourth-order valence-electron chi connectivity index (χ4n) is 1.39. The third kappa shape index (κ3) is 7.42. The maximum Gasteiger partial charge on any atom is 0.407 e. The van der Waals surface area contributed by atoms with E-state index in [0.717, 1.165) is 36.9 Å². The molecule has 0 spiro atoms. The van der Waals surface area contributed by atoms with Crippen LogP contribution in [0.3, 0.4) is 0 Å². The van der Waals surface area contributed by atoms with Crippen molar-refractivity contribution in [3.05, 3.63) is 0 Å². The minimum Gasteiger partial charge on any atom is -0.444 e. The van der Waals surface area contributed by atoms with Crippen LogP contribution < -0.4 is 10.6 Å². The number of amides is 1. The molecule has 18 heavy (non-hydrogen) atoms. The highest BCUT2D eigenvalue weighted by Crippen LogP contribution is 2.08. The largest absolute Gasteiger partial charge is 0.444 e. The number of amidine groups is 1.